The Morgan fingerprint density at radius 1 is 1.20 bits per heavy atom. The lowest BCUT2D eigenvalue weighted by molar-refractivity contribution is -0.195. The normalized spacial score (nSPS) is 40.8. The van der Waals surface area contributed by atoms with Gasteiger partial charge in [0.1, 0.15) is 0 Å². The number of nitrogens with zero attached hydrogens (tertiary/aromatic N) is 1. The van der Waals surface area contributed by atoms with Gasteiger partial charge in [-0.15, -0.1) is 0 Å². The number of alkyl halides is 3. The van der Waals surface area contributed by atoms with E-state index in [0.717, 1.165) is 25.9 Å². The largest absolute Gasteiger partial charge is 0.391 e. The zero-order valence-electron chi connectivity index (χ0n) is 12.5. The second-order valence-electron chi connectivity index (χ2n) is 6.95. The maximum absolute atomic E-state index is 13.1. The fourth-order valence-electron chi connectivity index (χ4n) is 3.92. The van der Waals surface area contributed by atoms with E-state index in [-0.39, 0.29) is 12.8 Å². The van der Waals surface area contributed by atoms with Crippen LogP contribution in [0.4, 0.5) is 13.2 Å². The van der Waals surface area contributed by atoms with Gasteiger partial charge in [-0.3, -0.25) is 4.90 Å². The van der Waals surface area contributed by atoms with Crippen LogP contribution in [0.2, 0.25) is 0 Å². The topological polar surface area (TPSA) is 29.3 Å². The third kappa shape index (κ3) is 3.14. The number of nitrogens with two attached hydrogens (primary N) is 1. The molecular formula is C15H27F3N2. The van der Waals surface area contributed by atoms with Crippen LogP contribution < -0.4 is 5.73 Å². The van der Waals surface area contributed by atoms with Crippen LogP contribution in [0.15, 0.2) is 0 Å². The molecule has 0 spiro atoms. The van der Waals surface area contributed by atoms with Gasteiger partial charge in [0.15, 0.2) is 0 Å². The maximum Gasteiger partial charge on any atom is 0.391 e. The van der Waals surface area contributed by atoms with Crippen molar-refractivity contribution in [3.8, 4) is 0 Å². The summed E-state index contributed by atoms with van der Waals surface area (Å²) in [7, 11) is 0. The summed E-state index contributed by atoms with van der Waals surface area (Å²) in [6, 6.07) is 0. The van der Waals surface area contributed by atoms with Gasteiger partial charge >= 0.3 is 6.18 Å². The molecule has 2 rings (SSSR count). The highest BCUT2D eigenvalue weighted by Crippen LogP contribution is 2.45. The Hall–Kier alpha value is -0.290. The van der Waals surface area contributed by atoms with Crippen molar-refractivity contribution in [3.63, 3.8) is 0 Å². The Morgan fingerprint density at radius 3 is 2.45 bits per heavy atom. The smallest absolute Gasteiger partial charge is 0.329 e. The zero-order chi connectivity index (χ0) is 15.0. The van der Waals surface area contributed by atoms with Gasteiger partial charge in [-0.05, 0) is 44.1 Å². The molecule has 2 N–H and O–H groups in total. The summed E-state index contributed by atoms with van der Waals surface area (Å²) in [6.45, 7) is 6.57. The minimum atomic E-state index is -4.07. The van der Waals surface area contributed by atoms with Gasteiger partial charge < -0.3 is 5.73 Å². The highest BCUT2D eigenvalue weighted by atomic mass is 19.4. The Kier molecular flexibility index (Phi) is 4.69. The molecular weight excluding hydrogens is 265 g/mol. The fourth-order valence-corrected chi connectivity index (χ4v) is 3.92. The summed E-state index contributed by atoms with van der Waals surface area (Å²) in [6.07, 6.45) is -1.09. The van der Waals surface area contributed by atoms with Crippen LogP contribution in [-0.2, 0) is 0 Å². The average Bonchev–Trinajstić information content (AvgIpc) is 2.41. The highest BCUT2D eigenvalue weighted by Gasteiger charge is 2.49. The van der Waals surface area contributed by atoms with Gasteiger partial charge in [0, 0.05) is 18.6 Å². The van der Waals surface area contributed by atoms with Gasteiger partial charge in [0.05, 0.1) is 5.92 Å². The van der Waals surface area contributed by atoms with Gasteiger partial charge in [-0.2, -0.15) is 13.2 Å². The Labute approximate surface area is 119 Å². The number of hydrogen-bond acceptors (Lipinski definition) is 2. The van der Waals surface area contributed by atoms with Crippen LogP contribution in [0.25, 0.3) is 0 Å². The molecule has 0 aromatic carbocycles. The molecule has 1 saturated carbocycles. The quantitative estimate of drug-likeness (QED) is 0.845. The second kappa shape index (κ2) is 5.84. The molecule has 4 unspecified atom stereocenters. The van der Waals surface area contributed by atoms with Gasteiger partial charge in [0.2, 0.25) is 0 Å². The third-order valence-electron chi connectivity index (χ3n) is 5.67. The number of halogens is 3. The van der Waals surface area contributed by atoms with Crippen molar-refractivity contribution in [2.24, 2.45) is 23.5 Å². The van der Waals surface area contributed by atoms with Crippen LogP contribution in [0.3, 0.4) is 0 Å². The van der Waals surface area contributed by atoms with Crippen molar-refractivity contribution in [2.45, 2.75) is 57.7 Å². The summed E-state index contributed by atoms with van der Waals surface area (Å²) >= 11 is 0. The summed E-state index contributed by atoms with van der Waals surface area (Å²) in [4.78, 5) is 2.27. The number of piperidine rings is 1. The van der Waals surface area contributed by atoms with Crippen molar-refractivity contribution >= 4 is 0 Å². The first-order valence-electron chi connectivity index (χ1n) is 7.80. The highest BCUT2D eigenvalue weighted by molar-refractivity contribution is 4.99. The number of rotatable bonds is 2. The van der Waals surface area contributed by atoms with Crippen molar-refractivity contribution in [3.05, 3.63) is 0 Å². The van der Waals surface area contributed by atoms with E-state index in [1.54, 1.807) is 0 Å². The Balaban J connectivity index is 2.12. The first-order valence-corrected chi connectivity index (χ1v) is 7.80. The molecule has 4 atom stereocenters. The summed E-state index contributed by atoms with van der Waals surface area (Å²) in [5.41, 5.74) is 5.52. The Morgan fingerprint density at radius 2 is 1.90 bits per heavy atom. The van der Waals surface area contributed by atoms with Crippen LogP contribution in [0, 0.1) is 17.8 Å². The predicted molar refractivity (Wildman–Crippen MR) is 74.3 cm³/mol. The van der Waals surface area contributed by atoms with E-state index >= 15 is 0 Å². The lowest BCUT2D eigenvalue weighted by atomic mass is 9.72. The first kappa shape index (κ1) is 16.1. The molecule has 1 aliphatic heterocycles. The van der Waals surface area contributed by atoms with Crippen LogP contribution in [-0.4, -0.2) is 36.2 Å². The minimum absolute atomic E-state index is 0.189. The van der Waals surface area contributed by atoms with E-state index in [2.05, 4.69) is 18.7 Å². The fraction of sp³-hybridized carbons (Fsp3) is 1.00. The van der Waals surface area contributed by atoms with E-state index in [9.17, 15) is 13.2 Å². The summed E-state index contributed by atoms with van der Waals surface area (Å²) in [5.74, 6) is 0.0240. The van der Waals surface area contributed by atoms with Crippen molar-refractivity contribution in [2.75, 3.05) is 19.6 Å². The van der Waals surface area contributed by atoms with E-state index in [0.29, 0.717) is 24.8 Å². The van der Waals surface area contributed by atoms with Crippen LogP contribution >= 0.6 is 0 Å². The standard InChI is InChI=1S/C15H27F3N2/c1-11-5-7-20(9-12(11)2)14(10-19)6-3-4-13(8-14)15(16,17)18/h11-13H,3-10,19H2,1-2H3. The molecule has 0 aromatic rings. The average molecular weight is 292 g/mol. The van der Waals surface area contributed by atoms with Gasteiger partial charge in [0.25, 0.3) is 0 Å². The van der Waals surface area contributed by atoms with Gasteiger partial charge in [-0.1, -0.05) is 20.3 Å². The SMILES string of the molecule is CC1CCN(C2(CN)CCCC(C(F)(F)F)C2)CC1C. The van der Waals surface area contributed by atoms with Crippen molar-refractivity contribution in [1.29, 1.82) is 0 Å². The number of likely N-dealkylation sites (tertiary alicyclic amines) is 1. The molecule has 1 saturated heterocycles. The van der Waals surface area contributed by atoms with Crippen LogP contribution in [0.1, 0.15) is 46.0 Å². The lowest BCUT2D eigenvalue weighted by Crippen LogP contribution is -2.60. The molecule has 2 nitrogen and oxygen atoms in total. The molecule has 2 aliphatic rings. The van der Waals surface area contributed by atoms with E-state index in [4.69, 9.17) is 5.73 Å². The third-order valence-corrected chi connectivity index (χ3v) is 5.67. The summed E-state index contributed by atoms with van der Waals surface area (Å²) < 4.78 is 39.2. The van der Waals surface area contributed by atoms with Gasteiger partial charge in [-0.25, -0.2) is 0 Å². The molecule has 1 aliphatic carbocycles. The molecule has 1 heterocycles. The minimum Gasteiger partial charge on any atom is -0.329 e. The molecule has 118 valence electrons. The number of hydrogen-bond donors (Lipinski definition) is 1. The first-order chi connectivity index (χ1) is 9.28. The van der Waals surface area contributed by atoms with Crippen molar-refractivity contribution in [1.82, 2.24) is 4.90 Å². The van der Waals surface area contributed by atoms with Crippen molar-refractivity contribution < 1.29 is 13.2 Å². The molecule has 20 heavy (non-hydrogen) atoms. The zero-order valence-corrected chi connectivity index (χ0v) is 12.5. The predicted octanol–water partition coefficient (Wildman–Crippen LogP) is 3.41. The molecule has 5 heteroatoms. The Bertz CT molecular complexity index is 332. The molecule has 0 bridgehead atoms. The summed E-state index contributed by atoms with van der Waals surface area (Å²) in [5, 5.41) is 0. The maximum atomic E-state index is 13.1. The van der Waals surface area contributed by atoms with E-state index in [1.165, 1.54) is 0 Å². The lowest BCUT2D eigenvalue weighted by Gasteiger charge is -2.52. The monoisotopic (exact) mass is 292 g/mol. The molecule has 2 fully saturated rings. The van der Waals surface area contributed by atoms with E-state index < -0.39 is 17.6 Å². The molecule has 0 aromatic heterocycles. The van der Waals surface area contributed by atoms with Crippen LogP contribution in [0.5, 0.6) is 0 Å². The molecule has 0 radical (unpaired) electrons. The second-order valence-corrected chi connectivity index (χ2v) is 6.95. The van der Waals surface area contributed by atoms with E-state index in [1.807, 2.05) is 0 Å². The molecule has 0 amide bonds.